The van der Waals surface area contributed by atoms with Crippen molar-refractivity contribution in [3.8, 4) is 0 Å². The molecule has 2 rings (SSSR count). The summed E-state index contributed by atoms with van der Waals surface area (Å²) in [4.78, 5) is 10.1. The van der Waals surface area contributed by atoms with E-state index in [2.05, 4.69) is 67.5 Å². The van der Waals surface area contributed by atoms with Crippen LogP contribution in [0.3, 0.4) is 0 Å². The summed E-state index contributed by atoms with van der Waals surface area (Å²) < 4.78 is 2.05. The first kappa shape index (κ1) is 15.1. The Kier molecular flexibility index (Phi) is 5.47. The van der Waals surface area contributed by atoms with Crippen molar-refractivity contribution in [3.63, 3.8) is 0 Å². The highest BCUT2D eigenvalue weighted by Gasteiger charge is 2.08. The van der Waals surface area contributed by atoms with E-state index in [-0.39, 0.29) is 0 Å². The van der Waals surface area contributed by atoms with Gasteiger partial charge in [-0.25, -0.2) is 9.97 Å². The van der Waals surface area contributed by atoms with Gasteiger partial charge in [0, 0.05) is 9.37 Å². The number of hydrogen-bond acceptors (Lipinski definition) is 4. The Balaban J connectivity index is 2.11. The number of aryl methyl sites for hydroxylation is 1. The fourth-order valence-corrected chi connectivity index (χ4v) is 3.18. The largest absolute Gasteiger partial charge is 0.383 e. The molecule has 3 nitrogen and oxygen atoms in total. The molecule has 0 radical (unpaired) electrons. The summed E-state index contributed by atoms with van der Waals surface area (Å²) in [5.41, 5.74) is 6.94. The molecule has 19 heavy (non-hydrogen) atoms. The van der Waals surface area contributed by atoms with Crippen LogP contribution in [-0.4, -0.2) is 9.97 Å². The fourth-order valence-electron chi connectivity index (χ4n) is 1.54. The minimum absolute atomic E-state index is 0.582. The van der Waals surface area contributed by atoms with Crippen molar-refractivity contribution in [3.05, 3.63) is 43.8 Å². The van der Waals surface area contributed by atoms with Crippen molar-refractivity contribution in [1.29, 1.82) is 0 Å². The number of nitrogens with two attached hydrogens (primary N) is 1. The number of hydrogen-bond donors (Lipinski definition) is 1. The van der Waals surface area contributed by atoms with Crippen LogP contribution in [0.15, 0.2) is 33.6 Å². The Morgan fingerprint density at radius 1 is 1.26 bits per heavy atom. The van der Waals surface area contributed by atoms with E-state index in [1.807, 2.05) is 12.1 Å². The molecule has 1 aromatic carbocycles. The second kappa shape index (κ2) is 6.90. The van der Waals surface area contributed by atoms with Gasteiger partial charge < -0.3 is 5.73 Å². The molecule has 100 valence electrons. The van der Waals surface area contributed by atoms with E-state index in [4.69, 9.17) is 5.73 Å². The monoisotopic (exact) mass is 449 g/mol. The number of nitrogen functional groups attached to an aromatic ring is 1. The molecule has 2 aromatic rings. The summed E-state index contributed by atoms with van der Waals surface area (Å²) in [6.07, 6.45) is 0.876. The highest BCUT2D eigenvalue weighted by molar-refractivity contribution is 14.1. The average Bonchev–Trinajstić information content (AvgIpc) is 2.41. The summed E-state index contributed by atoms with van der Waals surface area (Å²) in [7, 11) is 0. The molecule has 2 N–H and O–H groups in total. The number of thioether (sulfide) groups is 1. The van der Waals surface area contributed by atoms with Crippen molar-refractivity contribution in [1.82, 2.24) is 9.97 Å². The lowest BCUT2D eigenvalue weighted by atomic mass is 10.3. The molecule has 0 saturated heterocycles. The van der Waals surface area contributed by atoms with Crippen LogP contribution in [0.25, 0.3) is 0 Å². The van der Waals surface area contributed by atoms with E-state index in [1.165, 1.54) is 4.90 Å². The molecule has 0 atom stereocenters. The zero-order valence-corrected chi connectivity index (χ0v) is 14.9. The number of rotatable bonds is 4. The Hall–Kier alpha value is -0.340. The van der Waals surface area contributed by atoms with E-state index in [0.29, 0.717) is 5.82 Å². The molecule has 0 aliphatic heterocycles. The molecule has 1 aromatic heterocycles. The molecule has 0 fully saturated rings. The van der Waals surface area contributed by atoms with Crippen molar-refractivity contribution in [2.24, 2.45) is 0 Å². The van der Waals surface area contributed by atoms with Crippen LogP contribution in [0.1, 0.15) is 18.4 Å². The fraction of sp³-hybridized carbons (Fsp3) is 0.231. The Morgan fingerprint density at radius 2 is 1.95 bits per heavy atom. The van der Waals surface area contributed by atoms with E-state index >= 15 is 0 Å². The first-order valence-electron chi connectivity index (χ1n) is 5.79. The van der Waals surface area contributed by atoms with Gasteiger partial charge in [0.05, 0.1) is 15.0 Å². The van der Waals surface area contributed by atoms with Gasteiger partial charge >= 0.3 is 0 Å². The lowest BCUT2D eigenvalue weighted by molar-refractivity contribution is 0.933. The third-order valence-corrected chi connectivity index (χ3v) is 5.22. The lowest BCUT2D eigenvalue weighted by Crippen LogP contribution is -2.06. The van der Waals surface area contributed by atoms with Gasteiger partial charge in [0.2, 0.25) is 0 Å². The maximum absolute atomic E-state index is 5.91. The van der Waals surface area contributed by atoms with E-state index in [1.54, 1.807) is 11.8 Å². The molecule has 0 bridgehead atoms. The van der Waals surface area contributed by atoms with Gasteiger partial charge in [0.15, 0.2) is 0 Å². The van der Waals surface area contributed by atoms with Crippen LogP contribution in [-0.2, 0) is 12.2 Å². The lowest BCUT2D eigenvalue weighted by Gasteiger charge is -2.07. The van der Waals surface area contributed by atoms with E-state index < -0.39 is 0 Å². The van der Waals surface area contributed by atoms with Gasteiger partial charge in [0.25, 0.3) is 0 Å². The van der Waals surface area contributed by atoms with Gasteiger partial charge in [-0.3, -0.25) is 0 Å². The maximum Gasteiger partial charge on any atom is 0.141 e. The normalized spacial score (nSPS) is 10.7. The third kappa shape index (κ3) is 4.06. The highest BCUT2D eigenvalue weighted by Crippen LogP contribution is 2.25. The highest BCUT2D eigenvalue weighted by atomic mass is 127. The topological polar surface area (TPSA) is 51.8 Å². The quantitative estimate of drug-likeness (QED) is 0.559. The smallest absolute Gasteiger partial charge is 0.141 e. The summed E-state index contributed by atoms with van der Waals surface area (Å²) >= 11 is 7.34. The first-order chi connectivity index (χ1) is 9.10. The van der Waals surface area contributed by atoms with Gasteiger partial charge in [-0.2, -0.15) is 0 Å². The zero-order chi connectivity index (χ0) is 13.8. The molecule has 6 heteroatoms. The van der Waals surface area contributed by atoms with Crippen molar-refractivity contribution in [2.45, 2.75) is 24.0 Å². The van der Waals surface area contributed by atoms with Gasteiger partial charge in [-0.1, -0.05) is 22.9 Å². The van der Waals surface area contributed by atoms with E-state index in [0.717, 1.165) is 31.7 Å². The van der Waals surface area contributed by atoms with E-state index in [9.17, 15) is 0 Å². The molecule has 0 unspecified atom stereocenters. The number of halogens is 2. The molecule has 0 amide bonds. The Morgan fingerprint density at radius 3 is 2.58 bits per heavy atom. The van der Waals surface area contributed by atoms with Crippen LogP contribution in [0.5, 0.6) is 0 Å². The Labute approximate surface area is 139 Å². The summed E-state index contributed by atoms with van der Waals surface area (Å²) in [6, 6.07) is 8.21. The predicted octanol–water partition coefficient (Wildman–Crippen LogP) is 4.28. The van der Waals surface area contributed by atoms with Crippen LogP contribution < -0.4 is 5.73 Å². The van der Waals surface area contributed by atoms with Gasteiger partial charge in [-0.15, -0.1) is 11.8 Å². The van der Waals surface area contributed by atoms with Crippen LogP contribution >= 0.6 is 50.3 Å². The van der Waals surface area contributed by atoms with Crippen LogP contribution in [0, 0.1) is 3.57 Å². The summed E-state index contributed by atoms with van der Waals surface area (Å²) in [5.74, 6) is 2.11. The zero-order valence-electron chi connectivity index (χ0n) is 10.4. The number of aromatic nitrogens is 2. The predicted molar refractivity (Wildman–Crippen MR) is 92.2 cm³/mol. The third-order valence-electron chi connectivity index (χ3n) is 2.51. The summed E-state index contributed by atoms with van der Waals surface area (Å²) in [5, 5.41) is 0. The Bertz CT molecular complexity index is 575. The number of benzene rings is 1. The first-order valence-corrected chi connectivity index (χ1v) is 8.65. The molecule has 0 spiro atoms. The molecular weight excluding hydrogens is 437 g/mol. The maximum atomic E-state index is 5.91. The van der Waals surface area contributed by atoms with Crippen LogP contribution in [0.2, 0.25) is 0 Å². The molecule has 1 heterocycles. The van der Waals surface area contributed by atoms with Gasteiger partial charge in [-0.05, 0) is 53.3 Å². The second-order valence-electron chi connectivity index (χ2n) is 3.88. The molecule has 0 aliphatic rings. The molecule has 0 aliphatic carbocycles. The SMILES string of the molecule is CCc1nc(CSc2ccc(Br)cc2)nc(N)c1I. The minimum Gasteiger partial charge on any atom is -0.383 e. The van der Waals surface area contributed by atoms with Crippen molar-refractivity contribution in [2.75, 3.05) is 5.73 Å². The molecular formula is C13H13BrIN3S. The second-order valence-corrected chi connectivity index (χ2v) is 6.93. The average molecular weight is 450 g/mol. The van der Waals surface area contributed by atoms with Crippen molar-refractivity contribution >= 4 is 56.1 Å². The standard InChI is InChI=1S/C13H13BrIN3S/c1-2-10-12(15)13(16)18-11(17-10)7-19-9-5-3-8(14)4-6-9/h3-6H,2,7H2,1H3,(H2,16,17,18). The van der Waals surface area contributed by atoms with Gasteiger partial charge in [0.1, 0.15) is 11.6 Å². The van der Waals surface area contributed by atoms with Crippen molar-refractivity contribution < 1.29 is 0 Å². The van der Waals surface area contributed by atoms with Crippen LogP contribution in [0.4, 0.5) is 5.82 Å². The number of anilines is 1. The minimum atomic E-state index is 0.582. The summed E-state index contributed by atoms with van der Waals surface area (Å²) in [6.45, 7) is 2.08. The number of nitrogens with zero attached hydrogens (tertiary/aromatic N) is 2. The molecule has 0 saturated carbocycles.